The lowest BCUT2D eigenvalue weighted by atomic mass is 10.0. The topological polar surface area (TPSA) is 32.9 Å². The molecule has 0 saturated carbocycles. The Labute approximate surface area is 120 Å². The van der Waals surface area contributed by atoms with E-state index < -0.39 is 11.6 Å². The predicted molar refractivity (Wildman–Crippen MR) is 78.5 cm³/mol. The highest BCUT2D eigenvalue weighted by Gasteiger charge is 2.20. The number of fused-ring (bicyclic) bond motifs is 1. The molecule has 0 bridgehead atoms. The second-order valence-corrected chi connectivity index (χ2v) is 5.13. The zero-order chi connectivity index (χ0) is 15.1. The van der Waals surface area contributed by atoms with Crippen molar-refractivity contribution in [2.75, 3.05) is 0 Å². The summed E-state index contributed by atoms with van der Waals surface area (Å²) in [7, 11) is 0. The lowest BCUT2D eigenvalue weighted by Crippen LogP contribution is -1.93. The summed E-state index contributed by atoms with van der Waals surface area (Å²) >= 11 is 0. The average Bonchev–Trinajstić information content (AvgIpc) is 2.76. The molecule has 3 aromatic rings. The number of aromatic nitrogens is 1. The van der Waals surface area contributed by atoms with Crippen molar-refractivity contribution in [1.29, 1.82) is 0 Å². The van der Waals surface area contributed by atoms with Gasteiger partial charge in [0.15, 0.2) is 6.29 Å². The molecule has 0 spiro atoms. The van der Waals surface area contributed by atoms with Crippen LogP contribution in [0.4, 0.5) is 8.78 Å². The van der Waals surface area contributed by atoms with Gasteiger partial charge in [0.2, 0.25) is 0 Å². The molecule has 0 radical (unpaired) electrons. The van der Waals surface area contributed by atoms with Crippen LogP contribution in [0, 0.1) is 25.5 Å². The molecule has 106 valence electrons. The normalized spacial score (nSPS) is 11.0. The number of aromatic amines is 1. The van der Waals surface area contributed by atoms with Crippen molar-refractivity contribution < 1.29 is 13.6 Å². The number of hydrogen-bond donors (Lipinski definition) is 1. The van der Waals surface area contributed by atoms with E-state index >= 15 is 0 Å². The SMILES string of the molecule is Cc1cc(C)c2c(C=O)c(-c3c(F)cccc3F)[nH]c2c1. The fourth-order valence-electron chi connectivity index (χ4n) is 2.80. The summed E-state index contributed by atoms with van der Waals surface area (Å²) < 4.78 is 28.0. The van der Waals surface area contributed by atoms with Gasteiger partial charge < -0.3 is 4.98 Å². The second kappa shape index (κ2) is 4.81. The van der Waals surface area contributed by atoms with Crippen LogP contribution in [0.25, 0.3) is 22.2 Å². The van der Waals surface area contributed by atoms with Gasteiger partial charge in [0, 0.05) is 16.5 Å². The van der Waals surface area contributed by atoms with E-state index in [-0.39, 0.29) is 16.8 Å². The standard InChI is InChI=1S/C17H13F2NO/c1-9-6-10(2)15-11(8-21)17(20-14(15)7-9)16-12(18)4-3-5-13(16)19/h3-8,20H,1-2H3. The fourth-order valence-corrected chi connectivity index (χ4v) is 2.80. The van der Waals surface area contributed by atoms with Gasteiger partial charge >= 0.3 is 0 Å². The first-order chi connectivity index (χ1) is 10.0. The van der Waals surface area contributed by atoms with Crippen LogP contribution in [0.2, 0.25) is 0 Å². The first-order valence-electron chi connectivity index (χ1n) is 6.55. The lowest BCUT2D eigenvalue weighted by molar-refractivity contribution is 0.112. The van der Waals surface area contributed by atoms with Crippen LogP contribution in [-0.2, 0) is 0 Å². The van der Waals surface area contributed by atoms with Gasteiger partial charge in [0.25, 0.3) is 0 Å². The molecule has 0 unspecified atom stereocenters. The first-order valence-corrected chi connectivity index (χ1v) is 6.55. The van der Waals surface area contributed by atoms with Crippen LogP contribution < -0.4 is 0 Å². The minimum absolute atomic E-state index is 0.185. The summed E-state index contributed by atoms with van der Waals surface area (Å²) in [5.41, 5.74) is 2.88. The maximum atomic E-state index is 14.0. The van der Waals surface area contributed by atoms with Crippen LogP contribution in [0.15, 0.2) is 30.3 Å². The Kier molecular flexibility index (Phi) is 3.09. The van der Waals surface area contributed by atoms with E-state index in [4.69, 9.17) is 0 Å². The van der Waals surface area contributed by atoms with E-state index in [2.05, 4.69) is 4.98 Å². The molecule has 0 aliphatic heterocycles. The fraction of sp³-hybridized carbons (Fsp3) is 0.118. The van der Waals surface area contributed by atoms with Gasteiger partial charge in [-0.05, 0) is 43.2 Å². The number of aldehydes is 1. The molecule has 4 heteroatoms. The zero-order valence-electron chi connectivity index (χ0n) is 11.6. The molecular weight excluding hydrogens is 272 g/mol. The molecule has 1 N–H and O–H groups in total. The summed E-state index contributed by atoms with van der Waals surface area (Å²) in [6, 6.07) is 7.45. The summed E-state index contributed by atoms with van der Waals surface area (Å²) in [6.07, 6.45) is 0.641. The molecule has 3 rings (SSSR count). The third kappa shape index (κ3) is 2.03. The summed E-state index contributed by atoms with van der Waals surface area (Å²) in [4.78, 5) is 14.5. The van der Waals surface area contributed by atoms with E-state index in [1.807, 2.05) is 26.0 Å². The van der Waals surface area contributed by atoms with Crippen LogP contribution in [-0.4, -0.2) is 11.3 Å². The van der Waals surface area contributed by atoms with Crippen LogP contribution in [0.1, 0.15) is 21.5 Å². The number of nitrogens with one attached hydrogen (secondary N) is 1. The lowest BCUT2D eigenvalue weighted by Gasteiger charge is -2.03. The van der Waals surface area contributed by atoms with Crippen molar-refractivity contribution in [3.05, 3.63) is 58.7 Å². The molecule has 1 heterocycles. The van der Waals surface area contributed by atoms with Crippen molar-refractivity contribution in [2.24, 2.45) is 0 Å². The van der Waals surface area contributed by atoms with Crippen molar-refractivity contribution in [1.82, 2.24) is 4.98 Å². The van der Waals surface area contributed by atoms with E-state index in [9.17, 15) is 13.6 Å². The number of halogens is 2. The molecule has 2 nitrogen and oxygen atoms in total. The molecule has 0 saturated heterocycles. The quantitative estimate of drug-likeness (QED) is 0.689. The Balaban J connectivity index is 2.44. The van der Waals surface area contributed by atoms with Gasteiger partial charge in [-0.15, -0.1) is 0 Å². The highest BCUT2D eigenvalue weighted by Crippen LogP contribution is 2.34. The molecule has 0 aliphatic rings. The number of rotatable bonds is 2. The number of hydrogen-bond acceptors (Lipinski definition) is 1. The Morgan fingerprint density at radius 3 is 2.38 bits per heavy atom. The van der Waals surface area contributed by atoms with Gasteiger partial charge in [-0.2, -0.15) is 0 Å². The minimum Gasteiger partial charge on any atom is -0.354 e. The van der Waals surface area contributed by atoms with Gasteiger partial charge in [-0.1, -0.05) is 12.1 Å². The number of H-pyrrole nitrogens is 1. The summed E-state index contributed by atoms with van der Waals surface area (Å²) in [6.45, 7) is 3.80. The number of benzene rings is 2. The summed E-state index contributed by atoms with van der Waals surface area (Å²) in [5.74, 6) is -1.39. The van der Waals surface area contributed by atoms with Gasteiger partial charge in [-0.3, -0.25) is 4.79 Å². The predicted octanol–water partition coefficient (Wildman–Crippen LogP) is 4.54. The molecular formula is C17H13F2NO. The molecule has 21 heavy (non-hydrogen) atoms. The van der Waals surface area contributed by atoms with Crippen molar-refractivity contribution >= 4 is 17.2 Å². The maximum absolute atomic E-state index is 14.0. The van der Waals surface area contributed by atoms with Crippen LogP contribution >= 0.6 is 0 Å². The molecule has 0 fully saturated rings. The van der Waals surface area contributed by atoms with Gasteiger partial charge in [0.1, 0.15) is 11.6 Å². The first kappa shape index (κ1) is 13.5. The summed E-state index contributed by atoms with van der Waals surface area (Å²) in [5, 5.41) is 0.702. The third-order valence-electron chi connectivity index (χ3n) is 3.61. The highest BCUT2D eigenvalue weighted by atomic mass is 19.1. The molecule has 1 aromatic heterocycles. The largest absolute Gasteiger partial charge is 0.354 e. The maximum Gasteiger partial charge on any atom is 0.152 e. The van der Waals surface area contributed by atoms with Crippen molar-refractivity contribution in [2.45, 2.75) is 13.8 Å². The van der Waals surface area contributed by atoms with Gasteiger partial charge in [-0.25, -0.2) is 8.78 Å². The average molecular weight is 285 g/mol. The van der Waals surface area contributed by atoms with E-state index in [1.165, 1.54) is 18.2 Å². The minimum atomic E-state index is -0.695. The smallest absolute Gasteiger partial charge is 0.152 e. The van der Waals surface area contributed by atoms with Crippen LogP contribution in [0.3, 0.4) is 0 Å². The van der Waals surface area contributed by atoms with Crippen LogP contribution in [0.5, 0.6) is 0 Å². The number of carbonyl (C=O) groups is 1. The highest BCUT2D eigenvalue weighted by molar-refractivity contribution is 6.06. The number of carbonyl (C=O) groups excluding carboxylic acids is 1. The van der Waals surface area contributed by atoms with Gasteiger partial charge in [0.05, 0.1) is 11.3 Å². The second-order valence-electron chi connectivity index (χ2n) is 5.13. The van der Waals surface area contributed by atoms with E-state index in [0.29, 0.717) is 17.2 Å². The van der Waals surface area contributed by atoms with Crippen molar-refractivity contribution in [3.8, 4) is 11.3 Å². The molecule has 0 amide bonds. The Bertz CT molecular complexity index is 845. The zero-order valence-corrected chi connectivity index (χ0v) is 11.6. The monoisotopic (exact) mass is 285 g/mol. The Morgan fingerprint density at radius 2 is 1.76 bits per heavy atom. The third-order valence-corrected chi connectivity index (χ3v) is 3.61. The van der Waals surface area contributed by atoms with E-state index in [1.54, 1.807) is 0 Å². The van der Waals surface area contributed by atoms with E-state index in [0.717, 1.165) is 11.1 Å². The molecule has 2 aromatic carbocycles. The van der Waals surface area contributed by atoms with Crippen molar-refractivity contribution in [3.63, 3.8) is 0 Å². The molecule has 0 atom stereocenters. The molecule has 0 aliphatic carbocycles. The Morgan fingerprint density at radius 1 is 1.10 bits per heavy atom. The Hall–Kier alpha value is -2.49. The number of aryl methyl sites for hydroxylation is 2.